The Bertz CT molecular complexity index is 815. The second kappa shape index (κ2) is 7.10. The van der Waals surface area contributed by atoms with Crippen molar-refractivity contribution in [2.75, 3.05) is 0 Å². The first-order chi connectivity index (χ1) is 12.6. The molecule has 0 amide bonds. The van der Waals surface area contributed by atoms with E-state index in [1.807, 2.05) is 25.1 Å². The van der Waals surface area contributed by atoms with Crippen molar-refractivity contribution in [3.05, 3.63) is 58.4 Å². The van der Waals surface area contributed by atoms with Gasteiger partial charge in [-0.1, -0.05) is 36.8 Å². The lowest BCUT2D eigenvalue weighted by Gasteiger charge is -2.22. The summed E-state index contributed by atoms with van der Waals surface area (Å²) in [6, 6.07) is 10.1. The maximum absolute atomic E-state index is 12.7. The first-order valence-electron chi connectivity index (χ1n) is 9.64. The molecule has 1 N–H and O–H groups in total. The quantitative estimate of drug-likeness (QED) is 0.814. The summed E-state index contributed by atoms with van der Waals surface area (Å²) in [6.07, 6.45) is 6.61. The van der Waals surface area contributed by atoms with Gasteiger partial charge in [0.15, 0.2) is 5.78 Å². The Kier molecular flexibility index (Phi) is 4.66. The molecule has 0 unspecified atom stereocenters. The largest absolute Gasteiger partial charge is 0.458 e. The zero-order valence-corrected chi connectivity index (χ0v) is 15.2. The van der Waals surface area contributed by atoms with Crippen LogP contribution >= 0.6 is 0 Å². The van der Waals surface area contributed by atoms with Gasteiger partial charge in [-0.05, 0) is 56.1 Å². The number of nitrogens with one attached hydrogen (secondary N) is 1. The summed E-state index contributed by atoms with van der Waals surface area (Å²) in [5, 5.41) is 0. The average molecular weight is 351 g/mol. The fourth-order valence-corrected chi connectivity index (χ4v) is 4.39. The summed E-state index contributed by atoms with van der Waals surface area (Å²) >= 11 is 0. The maximum Gasteiger partial charge on any atom is 0.355 e. The maximum atomic E-state index is 12.7. The van der Waals surface area contributed by atoms with E-state index in [4.69, 9.17) is 4.74 Å². The van der Waals surface area contributed by atoms with Gasteiger partial charge in [-0.15, -0.1) is 0 Å². The Hall–Kier alpha value is -2.36. The van der Waals surface area contributed by atoms with E-state index in [9.17, 15) is 9.59 Å². The van der Waals surface area contributed by atoms with E-state index < -0.39 is 0 Å². The highest BCUT2D eigenvalue weighted by atomic mass is 16.5. The van der Waals surface area contributed by atoms with Crippen molar-refractivity contribution in [3.8, 4) is 0 Å². The van der Waals surface area contributed by atoms with Crippen LogP contribution in [0.1, 0.15) is 82.1 Å². The minimum absolute atomic E-state index is 0.0174. The number of esters is 1. The molecule has 1 atom stereocenters. The fourth-order valence-electron chi connectivity index (χ4n) is 4.39. The van der Waals surface area contributed by atoms with E-state index in [1.54, 1.807) is 0 Å². The van der Waals surface area contributed by atoms with E-state index >= 15 is 0 Å². The van der Waals surface area contributed by atoms with Gasteiger partial charge in [0.05, 0.1) is 0 Å². The van der Waals surface area contributed by atoms with Gasteiger partial charge in [0.2, 0.25) is 0 Å². The molecule has 0 saturated heterocycles. The van der Waals surface area contributed by atoms with Crippen LogP contribution in [0.25, 0.3) is 0 Å². The number of H-pyrrole nitrogens is 1. The van der Waals surface area contributed by atoms with Gasteiger partial charge in [0, 0.05) is 17.7 Å². The number of carbonyl (C=O) groups excluding carboxylic acids is 2. The number of fused-ring (bicyclic) bond motifs is 1. The molecule has 0 radical (unpaired) electrons. The number of hydrogen-bond acceptors (Lipinski definition) is 3. The lowest BCUT2D eigenvalue weighted by molar-refractivity contribution is 0.0204. The lowest BCUT2D eigenvalue weighted by Crippen LogP contribution is -2.21. The van der Waals surface area contributed by atoms with Crippen LogP contribution in [0.4, 0.5) is 0 Å². The molecule has 4 heteroatoms. The summed E-state index contributed by atoms with van der Waals surface area (Å²) in [4.78, 5) is 28.6. The van der Waals surface area contributed by atoms with E-state index in [0.29, 0.717) is 17.7 Å². The zero-order chi connectivity index (χ0) is 18.1. The molecule has 136 valence electrons. The molecular formula is C22H25NO3. The predicted molar refractivity (Wildman–Crippen MR) is 99.7 cm³/mol. The number of aromatic nitrogens is 1. The molecule has 0 spiro atoms. The number of rotatable bonds is 3. The van der Waals surface area contributed by atoms with Crippen molar-refractivity contribution in [2.24, 2.45) is 0 Å². The molecule has 1 heterocycles. The highest BCUT2D eigenvalue weighted by molar-refractivity contribution is 6.03. The van der Waals surface area contributed by atoms with Crippen LogP contribution < -0.4 is 0 Å². The van der Waals surface area contributed by atoms with Crippen LogP contribution in [0.2, 0.25) is 0 Å². The van der Waals surface area contributed by atoms with Gasteiger partial charge < -0.3 is 9.72 Å². The van der Waals surface area contributed by atoms with Crippen molar-refractivity contribution in [1.29, 1.82) is 0 Å². The smallest absolute Gasteiger partial charge is 0.355 e. The van der Waals surface area contributed by atoms with Crippen molar-refractivity contribution < 1.29 is 14.3 Å². The third-order valence-electron chi connectivity index (χ3n) is 5.79. The summed E-state index contributed by atoms with van der Waals surface area (Å²) in [5.74, 6) is -0.0325. The van der Waals surface area contributed by atoms with E-state index in [0.717, 1.165) is 43.4 Å². The molecule has 2 aliphatic carbocycles. The summed E-state index contributed by atoms with van der Waals surface area (Å²) in [6.45, 7) is 1.85. The number of benzene rings is 1. The molecule has 0 aliphatic heterocycles. The highest BCUT2D eigenvalue weighted by Crippen LogP contribution is 2.35. The normalized spacial score (nSPS) is 20.7. The third kappa shape index (κ3) is 3.20. The molecule has 1 saturated carbocycles. The van der Waals surface area contributed by atoms with Gasteiger partial charge in [-0.25, -0.2) is 4.79 Å². The molecule has 1 aromatic heterocycles. The number of ether oxygens (including phenoxy) is 1. The fraction of sp³-hybridized carbons (Fsp3) is 0.455. The lowest BCUT2D eigenvalue weighted by atomic mass is 9.81. The van der Waals surface area contributed by atoms with Crippen LogP contribution in [0.5, 0.6) is 0 Å². The van der Waals surface area contributed by atoms with Gasteiger partial charge in [0.1, 0.15) is 11.8 Å². The Balaban J connectivity index is 1.57. The van der Waals surface area contributed by atoms with Gasteiger partial charge in [-0.3, -0.25) is 4.79 Å². The van der Waals surface area contributed by atoms with E-state index in [-0.39, 0.29) is 23.8 Å². The molecule has 0 bridgehead atoms. The van der Waals surface area contributed by atoms with Crippen LogP contribution in [0.15, 0.2) is 30.3 Å². The minimum Gasteiger partial charge on any atom is -0.458 e. The minimum atomic E-state index is -0.312. The number of aromatic amines is 1. The Morgan fingerprint density at radius 1 is 1.08 bits per heavy atom. The van der Waals surface area contributed by atoms with Crippen LogP contribution in [-0.2, 0) is 11.2 Å². The third-order valence-corrected chi connectivity index (χ3v) is 5.79. The van der Waals surface area contributed by atoms with Gasteiger partial charge >= 0.3 is 5.97 Å². The Morgan fingerprint density at radius 3 is 2.54 bits per heavy atom. The van der Waals surface area contributed by atoms with E-state index in [2.05, 4.69) is 17.1 Å². The number of hydrogen-bond donors (Lipinski definition) is 1. The average Bonchev–Trinajstić information content (AvgIpc) is 3.00. The van der Waals surface area contributed by atoms with Gasteiger partial charge in [-0.2, -0.15) is 0 Å². The number of carbonyl (C=O) groups is 2. The topological polar surface area (TPSA) is 59.2 Å². The van der Waals surface area contributed by atoms with Crippen LogP contribution in [0, 0.1) is 6.92 Å². The van der Waals surface area contributed by atoms with E-state index in [1.165, 1.54) is 12.0 Å². The Labute approximate surface area is 154 Å². The van der Waals surface area contributed by atoms with Crippen molar-refractivity contribution in [1.82, 2.24) is 4.98 Å². The molecule has 2 aromatic rings. The van der Waals surface area contributed by atoms with Crippen molar-refractivity contribution >= 4 is 11.8 Å². The number of ketones is 1. The Morgan fingerprint density at radius 2 is 1.81 bits per heavy atom. The molecule has 4 nitrogen and oxygen atoms in total. The molecule has 2 aliphatic rings. The second-order valence-corrected chi connectivity index (χ2v) is 7.58. The summed E-state index contributed by atoms with van der Waals surface area (Å²) < 4.78 is 5.70. The van der Waals surface area contributed by atoms with Crippen LogP contribution in [0.3, 0.4) is 0 Å². The first kappa shape index (κ1) is 17.1. The summed E-state index contributed by atoms with van der Waals surface area (Å²) in [7, 11) is 0. The zero-order valence-electron chi connectivity index (χ0n) is 15.2. The van der Waals surface area contributed by atoms with Crippen LogP contribution in [-0.4, -0.2) is 22.8 Å². The van der Waals surface area contributed by atoms with Crippen molar-refractivity contribution in [3.63, 3.8) is 0 Å². The molecule has 4 rings (SSSR count). The van der Waals surface area contributed by atoms with Crippen molar-refractivity contribution in [2.45, 2.75) is 63.9 Å². The molecular weight excluding hydrogens is 326 g/mol. The summed E-state index contributed by atoms with van der Waals surface area (Å²) in [5.41, 5.74) is 3.96. The SMILES string of the molecule is Cc1c(C(=O)OC2CCCCC2)[nH]c2c1C(=O)C[C@H](c1ccccc1)C2. The molecule has 1 aromatic carbocycles. The first-order valence-corrected chi connectivity index (χ1v) is 9.64. The molecule has 26 heavy (non-hydrogen) atoms. The number of Topliss-reactive ketones (excluding diaryl/α,β-unsaturated/α-hetero) is 1. The van der Waals surface area contributed by atoms with Gasteiger partial charge in [0.25, 0.3) is 0 Å². The molecule has 1 fully saturated rings. The predicted octanol–water partition coefficient (Wildman–Crippen LogP) is 4.73. The highest BCUT2D eigenvalue weighted by Gasteiger charge is 2.32. The second-order valence-electron chi connectivity index (χ2n) is 7.58. The standard InChI is InChI=1S/C22H25NO3/c1-14-20-18(12-16(13-19(20)24)15-8-4-2-5-9-15)23-21(14)22(25)26-17-10-6-3-7-11-17/h2,4-5,8-9,16-17,23H,3,6-7,10-13H2,1H3/t16-/m1/s1. The monoisotopic (exact) mass is 351 g/mol.